The van der Waals surface area contributed by atoms with Crippen LogP contribution in [-0.4, -0.2) is 40.5 Å². The van der Waals surface area contributed by atoms with Crippen molar-refractivity contribution in [1.82, 2.24) is 20.3 Å². The van der Waals surface area contributed by atoms with Crippen LogP contribution in [0.5, 0.6) is 0 Å². The van der Waals surface area contributed by atoms with Gasteiger partial charge in [0.2, 0.25) is 5.91 Å². The Balaban J connectivity index is 1.81. The Labute approximate surface area is 154 Å². The number of rotatable bonds is 3. The van der Waals surface area contributed by atoms with Gasteiger partial charge in [-0.15, -0.1) is 11.3 Å². The Morgan fingerprint density at radius 3 is 3.04 bits per heavy atom. The average Bonchev–Trinajstić information content (AvgIpc) is 3.19. The van der Waals surface area contributed by atoms with Crippen molar-refractivity contribution in [3.05, 3.63) is 27.9 Å². The first-order valence-electron chi connectivity index (χ1n) is 8.23. The lowest BCUT2D eigenvalue weighted by molar-refractivity contribution is -0.118. The second kappa shape index (κ2) is 6.40. The Kier molecular flexibility index (Phi) is 4.23. The minimum atomic E-state index is 0.0464. The summed E-state index contributed by atoms with van der Waals surface area (Å²) in [5.74, 6) is 0.0464. The number of aryl methyl sites for hydroxylation is 2. The van der Waals surface area contributed by atoms with Gasteiger partial charge in [0.05, 0.1) is 17.3 Å². The van der Waals surface area contributed by atoms with Crippen LogP contribution in [0.3, 0.4) is 0 Å². The molecule has 8 heteroatoms. The minimum Gasteiger partial charge on any atom is -0.346 e. The zero-order valence-corrected chi connectivity index (χ0v) is 15.6. The number of fused-ring (bicyclic) bond motifs is 1. The lowest BCUT2D eigenvalue weighted by Gasteiger charge is -2.24. The molecule has 0 bridgehead atoms. The van der Waals surface area contributed by atoms with Crippen molar-refractivity contribution in [2.75, 3.05) is 24.5 Å². The van der Waals surface area contributed by atoms with E-state index < -0.39 is 0 Å². The monoisotopic (exact) mass is 375 g/mol. The summed E-state index contributed by atoms with van der Waals surface area (Å²) in [4.78, 5) is 27.3. The molecule has 1 aliphatic rings. The zero-order chi connectivity index (χ0) is 17.6. The van der Waals surface area contributed by atoms with Crippen molar-refractivity contribution in [3.63, 3.8) is 0 Å². The molecule has 4 rings (SSSR count). The van der Waals surface area contributed by atoms with Gasteiger partial charge in [-0.1, -0.05) is 18.5 Å². The molecule has 1 aliphatic heterocycles. The molecule has 0 spiro atoms. The first-order valence-corrected chi connectivity index (χ1v) is 9.43. The molecular formula is C17H18ClN5OS. The third-order valence-electron chi connectivity index (χ3n) is 4.46. The van der Waals surface area contributed by atoms with Gasteiger partial charge in [0, 0.05) is 41.3 Å². The summed E-state index contributed by atoms with van der Waals surface area (Å²) in [6.07, 6.45) is 4.58. The maximum Gasteiger partial charge on any atom is 0.242 e. The van der Waals surface area contributed by atoms with Gasteiger partial charge < -0.3 is 10.3 Å². The largest absolute Gasteiger partial charge is 0.346 e. The standard InChI is InChI=1S/C17H18ClN5OS/c1-3-10-6-20-16-13(10)14(18)11(7-21-16)15-9(2)25-17(22-15)23-5-4-19-8-12(23)24/h6-7,19H,3-5,8H2,1-2H3,(H,20,21). The Morgan fingerprint density at radius 1 is 1.44 bits per heavy atom. The van der Waals surface area contributed by atoms with Gasteiger partial charge in [-0.05, 0) is 18.9 Å². The molecule has 1 fully saturated rings. The first-order chi connectivity index (χ1) is 12.1. The van der Waals surface area contributed by atoms with Crippen molar-refractivity contribution in [3.8, 4) is 11.3 Å². The highest BCUT2D eigenvalue weighted by molar-refractivity contribution is 7.16. The molecule has 4 heterocycles. The molecule has 1 saturated heterocycles. The SMILES string of the molecule is CCc1c[nH]c2ncc(-c3nc(N4CCNCC4=O)sc3C)c(Cl)c12. The number of nitrogens with zero attached hydrogens (tertiary/aromatic N) is 3. The first kappa shape index (κ1) is 16.5. The van der Waals surface area contributed by atoms with Crippen LogP contribution >= 0.6 is 22.9 Å². The minimum absolute atomic E-state index is 0.0464. The summed E-state index contributed by atoms with van der Waals surface area (Å²) in [5.41, 5.74) is 3.54. The molecular weight excluding hydrogens is 358 g/mol. The second-order valence-corrected chi connectivity index (χ2v) is 7.56. The number of carbonyl (C=O) groups is 1. The van der Waals surface area contributed by atoms with Crippen LogP contribution in [-0.2, 0) is 11.2 Å². The molecule has 1 amide bonds. The number of aromatic amines is 1. The maximum atomic E-state index is 12.1. The van der Waals surface area contributed by atoms with E-state index in [0.29, 0.717) is 18.1 Å². The molecule has 0 aromatic carbocycles. The van der Waals surface area contributed by atoms with E-state index in [2.05, 4.69) is 22.2 Å². The molecule has 0 saturated carbocycles. The quantitative estimate of drug-likeness (QED) is 0.737. The highest BCUT2D eigenvalue weighted by atomic mass is 35.5. The molecule has 0 radical (unpaired) electrons. The Hall–Kier alpha value is -1.96. The number of aromatic nitrogens is 3. The van der Waals surface area contributed by atoms with E-state index >= 15 is 0 Å². The topological polar surface area (TPSA) is 73.9 Å². The third-order valence-corrected chi connectivity index (χ3v) is 5.85. The molecule has 130 valence electrons. The van der Waals surface area contributed by atoms with E-state index in [9.17, 15) is 4.79 Å². The lowest BCUT2D eigenvalue weighted by atomic mass is 10.1. The van der Waals surface area contributed by atoms with Gasteiger partial charge in [0.25, 0.3) is 0 Å². The maximum absolute atomic E-state index is 12.1. The molecule has 0 unspecified atom stereocenters. The summed E-state index contributed by atoms with van der Waals surface area (Å²) in [6.45, 7) is 5.85. The van der Waals surface area contributed by atoms with Crippen LogP contribution in [0.4, 0.5) is 5.13 Å². The number of hydrogen-bond donors (Lipinski definition) is 2. The van der Waals surface area contributed by atoms with Crippen molar-refractivity contribution < 1.29 is 4.79 Å². The Bertz CT molecular complexity index is 964. The zero-order valence-electron chi connectivity index (χ0n) is 14.0. The van der Waals surface area contributed by atoms with E-state index in [1.165, 1.54) is 11.3 Å². The van der Waals surface area contributed by atoms with E-state index in [0.717, 1.165) is 50.8 Å². The highest BCUT2D eigenvalue weighted by Gasteiger charge is 2.25. The highest BCUT2D eigenvalue weighted by Crippen LogP contribution is 2.39. The van der Waals surface area contributed by atoms with E-state index in [1.807, 2.05) is 13.1 Å². The van der Waals surface area contributed by atoms with Crippen LogP contribution in [0.25, 0.3) is 22.3 Å². The number of thiazole rings is 1. The van der Waals surface area contributed by atoms with E-state index in [1.54, 1.807) is 11.1 Å². The molecule has 2 N–H and O–H groups in total. The molecule has 0 aliphatic carbocycles. The van der Waals surface area contributed by atoms with Crippen molar-refractivity contribution in [2.24, 2.45) is 0 Å². The van der Waals surface area contributed by atoms with Crippen LogP contribution in [0.2, 0.25) is 5.02 Å². The number of amides is 1. The van der Waals surface area contributed by atoms with Crippen LogP contribution in [0.1, 0.15) is 17.4 Å². The molecule has 25 heavy (non-hydrogen) atoms. The van der Waals surface area contributed by atoms with Gasteiger partial charge in [-0.25, -0.2) is 9.97 Å². The van der Waals surface area contributed by atoms with Gasteiger partial charge >= 0.3 is 0 Å². The summed E-state index contributed by atoms with van der Waals surface area (Å²) in [6, 6.07) is 0. The smallest absolute Gasteiger partial charge is 0.242 e. The number of piperazine rings is 1. The molecule has 3 aromatic rings. The van der Waals surface area contributed by atoms with Crippen LogP contribution < -0.4 is 10.2 Å². The average molecular weight is 376 g/mol. The fourth-order valence-electron chi connectivity index (χ4n) is 3.12. The summed E-state index contributed by atoms with van der Waals surface area (Å²) in [5, 5.41) is 5.41. The van der Waals surface area contributed by atoms with Crippen molar-refractivity contribution >= 4 is 45.0 Å². The Morgan fingerprint density at radius 2 is 2.28 bits per heavy atom. The number of nitrogens with one attached hydrogen (secondary N) is 2. The van der Waals surface area contributed by atoms with E-state index in [-0.39, 0.29) is 5.91 Å². The predicted molar refractivity (Wildman–Crippen MR) is 102 cm³/mol. The number of halogens is 1. The lowest BCUT2D eigenvalue weighted by Crippen LogP contribution is -2.48. The number of pyridine rings is 1. The van der Waals surface area contributed by atoms with Gasteiger partial charge in [0.15, 0.2) is 5.13 Å². The van der Waals surface area contributed by atoms with Gasteiger partial charge in [-0.2, -0.15) is 0 Å². The summed E-state index contributed by atoms with van der Waals surface area (Å²) >= 11 is 8.23. The number of carbonyl (C=O) groups excluding carboxylic acids is 1. The molecule has 0 atom stereocenters. The third kappa shape index (κ3) is 2.72. The fourth-order valence-corrected chi connectivity index (χ4v) is 4.43. The van der Waals surface area contributed by atoms with Gasteiger partial charge in [-0.3, -0.25) is 9.69 Å². The van der Waals surface area contributed by atoms with E-state index in [4.69, 9.17) is 16.6 Å². The van der Waals surface area contributed by atoms with Crippen LogP contribution in [0, 0.1) is 6.92 Å². The molecule has 3 aromatic heterocycles. The fraction of sp³-hybridized carbons (Fsp3) is 0.353. The number of hydrogen-bond acceptors (Lipinski definition) is 5. The van der Waals surface area contributed by atoms with Crippen molar-refractivity contribution in [2.45, 2.75) is 20.3 Å². The molecule has 6 nitrogen and oxygen atoms in total. The number of anilines is 1. The van der Waals surface area contributed by atoms with Gasteiger partial charge in [0.1, 0.15) is 5.65 Å². The summed E-state index contributed by atoms with van der Waals surface area (Å²) in [7, 11) is 0. The number of H-pyrrole nitrogens is 1. The van der Waals surface area contributed by atoms with Crippen molar-refractivity contribution in [1.29, 1.82) is 0 Å². The predicted octanol–water partition coefficient (Wildman–Crippen LogP) is 3.15. The summed E-state index contributed by atoms with van der Waals surface area (Å²) < 4.78 is 0. The second-order valence-electron chi connectivity index (χ2n) is 6.00. The van der Waals surface area contributed by atoms with Crippen LogP contribution in [0.15, 0.2) is 12.4 Å². The normalized spacial score (nSPS) is 15.3.